The molecule has 100 valence electrons. The van der Waals surface area contributed by atoms with Crippen LogP contribution in [0, 0.1) is 11.6 Å². The molecule has 2 aromatic rings. The van der Waals surface area contributed by atoms with Crippen LogP contribution in [0.1, 0.15) is 0 Å². The molecule has 0 fully saturated rings. The Morgan fingerprint density at radius 1 is 1.00 bits per heavy atom. The van der Waals surface area contributed by atoms with E-state index in [-0.39, 0.29) is 10.7 Å². The van der Waals surface area contributed by atoms with Gasteiger partial charge in [-0.15, -0.1) is 0 Å². The van der Waals surface area contributed by atoms with Gasteiger partial charge in [0.15, 0.2) is 0 Å². The summed E-state index contributed by atoms with van der Waals surface area (Å²) in [7, 11) is -4.19. The lowest BCUT2D eigenvalue weighted by atomic mass is 10.3. The van der Waals surface area contributed by atoms with E-state index in [2.05, 4.69) is 0 Å². The number of hydrogen-bond acceptors (Lipinski definition) is 2. The van der Waals surface area contributed by atoms with Crippen molar-refractivity contribution in [1.82, 2.24) is 0 Å². The van der Waals surface area contributed by atoms with Crippen molar-refractivity contribution in [1.29, 1.82) is 0 Å². The highest BCUT2D eigenvalue weighted by Crippen LogP contribution is 2.23. The third kappa shape index (κ3) is 3.02. The van der Waals surface area contributed by atoms with E-state index in [4.69, 9.17) is 11.6 Å². The van der Waals surface area contributed by atoms with Crippen molar-refractivity contribution in [3.05, 3.63) is 59.1 Å². The minimum Gasteiger partial charge on any atom is -0.277 e. The maximum absolute atomic E-state index is 13.5. The van der Waals surface area contributed by atoms with Crippen LogP contribution >= 0.6 is 11.6 Å². The van der Waals surface area contributed by atoms with Crippen LogP contribution in [0.2, 0.25) is 5.02 Å². The van der Waals surface area contributed by atoms with E-state index in [1.54, 1.807) is 0 Å². The highest BCUT2D eigenvalue weighted by molar-refractivity contribution is 7.92. The zero-order valence-corrected chi connectivity index (χ0v) is 11.0. The second-order valence-electron chi connectivity index (χ2n) is 3.66. The summed E-state index contributed by atoms with van der Waals surface area (Å²) in [4.78, 5) is -0.552. The topological polar surface area (TPSA) is 46.2 Å². The molecule has 0 amide bonds. The zero-order chi connectivity index (χ0) is 14.0. The van der Waals surface area contributed by atoms with Crippen LogP contribution in [-0.4, -0.2) is 8.42 Å². The quantitative estimate of drug-likeness (QED) is 0.944. The molecule has 0 radical (unpaired) electrons. The van der Waals surface area contributed by atoms with Crippen molar-refractivity contribution in [3.63, 3.8) is 0 Å². The van der Waals surface area contributed by atoms with Gasteiger partial charge in [-0.3, -0.25) is 4.72 Å². The van der Waals surface area contributed by atoms with Crippen molar-refractivity contribution in [2.24, 2.45) is 0 Å². The predicted octanol–water partition coefficient (Wildman–Crippen LogP) is 3.42. The van der Waals surface area contributed by atoms with Crippen molar-refractivity contribution in [2.75, 3.05) is 4.72 Å². The van der Waals surface area contributed by atoms with Gasteiger partial charge in [0.2, 0.25) is 0 Å². The van der Waals surface area contributed by atoms with Crippen LogP contribution in [0.4, 0.5) is 14.5 Å². The van der Waals surface area contributed by atoms with Crippen LogP contribution in [0.3, 0.4) is 0 Å². The van der Waals surface area contributed by atoms with Crippen LogP contribution in [0.25, 0.3) is 0 Å². The van der Waals surface area contributed by atoms with Crippen LogP contribution in [0.5, 0.6) is 0 Å². The minimum absolute atomic E-state index is 0.131. The SMILES string of the molecule is O=S(=O)(Nc1ccc(Cl)cc1F)c1ccccc1F. The molecule has 0 aromatic heterocycles. The first-order chi connectivity index (χ1) is 8.90. The Morgan fingerprint density at radius 3 is 2.32 bits per heavy atom. The normalized spacial score (nSPS) is 11.3. The first-order valence-electron chi connectivity index (χ1n) is 5.12. The van der Waals surface area contributed by atoms with Crippen molar-refractivity contribution in [2.45, 2.75) is 4.90 Å². The number of nitrogens with one attached hydrogen (secondary N) is 1. The standard InChI is InChI=1S/C12H8ClF2NO2S/c13-8-5-6-11(10(15)7-8)16-19(17,18)12-4-2-1-3-9(12)14/h1-7,16H. The predicted molar refractivity (Wildman–Crippen MR) is 68.6 cm³/mol. The van der Waals surface area contributed by atoms with Gasteiger partial charge in [0, 0.05) is 5.02 Å². The fourth-order valence-corrected chi connectivity index (χ4v) is 2.74. The molecule has 0 heterocycles. The molecule has 0 aliphatic carbocycles. The fraction of sp³-hybridized carbons (Fsp3) is 0. The largest absolute Gasteiger partial charge is 0.277 e. The molecule has 0 bridgehead atoms. The molecule has 0 saturated heterocycles. The number of anilines is 1. The van der Waals surface area contributed by atoms with E-state index < -0.39 is 26.6 Å². The van der Waals surface area contributed by atoms with Gasteiger partial charge in [-0.2, -0.15) is 0 Å². The fourth-order valence-electron chi connectivity index (χ4n) is 1.43. The maximum Gasteiger partial charge on any atom is 0.264 e. The molecule has 0 aliphatic rings. The van der Waals surface area contributed by atoms with Gasteiger partial charge < -0.3 is 0 Å². The number of rotatable bonds is 3. The Hall–Kier alpha value is -1.66. The number of benzene rings is 2. The third-order valence-corrected chi connectivity index (χ3v) is 3.94. The Balaban J connectivity index is 2.40. The average Bonchev–Trinajstić information content (AvgIpc) is 2.33. The summed E-state index contributed by atoms with van der Waals surface area (Å²) >= 11 is 5.55. The van der Waals surface area contributed by atoms with Gasteiger partial charge >= 0.3 is 0 Å². The molecular weight excluding hydrogens is 296 g/mol. The first-order valence-corrected chi connectivity index (χ1v) is 6.99. The molecule has 0 spiro atoms. The van der Waals surface area contributed by atoms with Crippen molar-refractivity contribution >= 4 is 27.3 Å². The van der Waals surface area contributed by atoms with Crippen molar-refractivity contribution < 1.29 is 17.2 Å². The van der Waals surface area contributed by atoms with E-state index in [1.165, 1.54) is 18.2 Å². The van der Waals surface area contributed by atoms with E-state index in [1.807, 2.05) is 4.72 Å². The smallest absolute Gasteiger partial charge is 0.264 e. The molecule has 0 atom stereocenters. The minimum atomic E-state index is -4.19. The van der Waals surface area contributed by atoms with E-state index in [0.717, 1.165) is 24.3 Å². The average molecular weight is 304 g/mol. The second-order valence-corrected chi connectivity index (χ2v) is 5.75. The Labute approximate surface area is 113 Å². The van der Waals surface area contributed by atoms with E-state index in [9.17, 15) is 17.2 Å². The van der Waals surface area contributed by atoms with Gasteiger partial charge in [-0.1, -0.05) is 23.7 Å². The van der Waals surface area contributed by atoms with Crippen LogP contribution in [0.15, 0.2) is 47.4 Å². The van der Waals surface area contributed by atoms with Gasteiger partial charge in [0.25, 0.3) is 10.0 Å². The van der Waals surface area contributed by atoms with Gasteiger partial charge in [0.1, 0.15) is 16.5 Å². The third-order valence-electron chi connectivity index (χ3n) is 2.30. The zero-order valence-electron chi connectivity index (χ0n) is 9.40. The number of hydrogen-bond donors (Lipinski definition) is 1. The summed E-state index contributed by atoms with van der Waals surface area (Å²) in [5, 5.41) is 0.131. The summed E-state index contributed by atoms with van der Waals surface area (Å²) in [6.45, 7) is 0. The van der Waals surface area contributed by atoms with Gasteiger partial charge in [-0.25, -0.2) is 17.2 Å². The Kier molecular flexibility index (Phi) is 3.73. The highest BCUT2D eigenvalue weighted by Gasteiger charge is 2.19. The molecule has 7 heteroatoms. The number of halogens is 3. The number of sulfonamides is 1. The maximum atomic E-state index is 13.5. The lowest BCUT2D eigenvalue weighted by molar-refractivity contribution is 0.569. The molecule has 1 N–H and O–H groups in total. The summed E-state index contributed by atoms with van der Waals surface area (Å²) in [6.07, 6.45) is 0. The highest BCUT2D eigenvalue weighted by atomic mass is 35.5. The molecule has 19 heavy (non-hydrogen) atoms. The van der Waals surface area contributed by atoms with Crippen molar-refractivity contribution in [3.8, 4) is 0 Å². The Bertz CT molecular complexity index is 719. The summed E-state index contributed by atoms with van der Waals surface area (Å²) in [6, 6.07) is 8.27. The lowest BCUT2D eigenvalue weighted by Gasteiger charge is -2.09. The van der Waals surface area contributed by atoms with Crippen LogP contribution in [-0.2, 0) is 10.0 Å². The van der Waals surface area contributed by atoms with Gasteiger partial charge in [0.05, 0.1) is 5.69 Å². The molecule has 2 aromatic carbocycles. The molecule has 0 saturated carbocycles. The second kappa shape index (κ2) is 5.14. The first kappa shape index (κ1) is 13.8. The van der Waals surface area contributed by atoms with Gasteiger partial charge in [-0.05, 0) is 30.3 Å². The summed E-state index contributed by atoms with van der Waals surface area (Å²) in [5.41, 5.74) is -0.298. The molecular formula is C12H8ClF2NO2S. The molecule has 3 nitrogen and oxygen atoms in total. The monoisotopic (exact) mass is 303 g/mol. The molecule has 0 aliphatic heterocycles. The van der Waals surface area contributed by atoms with E-state index >= 15 is 0 Å². The van der Waals surface area contributed by atoms with E-state index in [0.29, 0.717) is 0 Å². The summed E-state index contributed by atoms with van der Waals surface area (Å²) in [5.74, 6) is -1.75. The molecule has 2 rings (SSSR count). The Morgan fingerprint density at radius 2 is 1.68 bits per heavy atom. The lowest BCUT2D eigenvalue weighted by Crippen LogP contribution is -2.15. The van der Waals surface area contributed by atoms with Crippen LogP contribution < -0.4 is 4.72 Å². The summed E-state index contributed by atoms with van der Waals surface area (Å²) < 4.78 is 52.7. The molecule has 0 unspecified atom stereocenters.